The third-order valence-corrected chi connectivity index (χ3v) is 1.84. The second-order valence-corrected chi connectivity index (χ2v) is 2.62. The molecule has 0 spiro atoms. The lowest BCUT2D eigenvalue weighted by Crippen LogP contribution is -2.49. The highest BCUT2D eigenvalue weighted by Crippen LogP contribution is 2.05. The summed E-state index contributed by atoms with van der Waals surface area (Å²) in [4.78, 5) is 12.6. The first-order valence-corrected chi connectivity index (χ1v) is 3.71. The summed E-state index contributed by atoms with van der Waals surface area (Å²) in [6.45, 7) is 3.13. The van der Waals surface area contributed by atoms with Crippen molar-refractivity contribution in [2.45, 2.75) is 13.0 Å². The molecule has 0 aromatic heterocycles. The smallest absolute Gasteiger partial charge is 0.219 e. The van der Waals surface area contributed by atoms with Gasteiger partial charge in [-0.1, -0.05) is 0 Å². The van der Waals surface area contributed by atoms with E-state index >= 15 is 0 Å². The number of morpholine rings is 1. The Bertz CT molecular complexity index is 149. The number of aliphatic hydroxyl groups is 1. The Kier molecular flexibility index (Phi) is 2.84. The second-order valence-electron chi connectivity index (χ2n) is 2.62. The van der Waals surface area contributed by atoms with E-state index in [9.17, 15) is 4.79 Å². The van der Waals surface area contributed by atoms with Gasteiger partial charge in [0.2, 0.25) is 5.91 Å². The molecule has 4 heteroatoms. The third kappa shape index (κ3) is 1.91. The van der Waals surface area contributed by atoms with Crippen LogP contribution < -0.4 is 0 Å². The van der Waals surface area contributed by atoms with Crippen molar-refractivity contribution in [3.8, 4) is 0 Å². The lowest BCUT2D eigenvalue weighted by molar-refractivity contribution is -0.139. The number of hydrogen-bond donors (Lipinski definition) is 1. The molecule has 0 aliphatic carbocycles. The third-order valence-electron chi connectivity index (χ3n) is 1.84. The minimum Gasteiger partial charge on any atom is -0.394 e. The van der Waals surface area contributed by atoms with Crippen LogP contribution in [0.25, 0.3) is 0 Å². The van der Waals surface area contributed by atoms with E-state index in [1.165, 1.54) is 6.92 Å². The summed E-state index contributed by atoms with van der Waals surface area (Å²) in [5.74, 6) is 0.00681. The highest BCUT2D eigenvalue weighted by Gasteiger charge is 2.23. The fraction of sp³-hybridized carbons (Fsp3) is 0.857. The minimum atomic E-state index is -0.138. The zero-order valence-electron chi connectivity index (χ0n) is 6.62. The highest BCUT2D eigenvalue weighted by molar-refractivity contribution is 5.73. The van der Waals surface area contributed by atoms with Gasteiger partial charge in [0.1, 0.15) is 0 Å². The SMILES string of the molecule is CC(=O)N1CCOCC1CO. The molecule has 0 aromatic rings. The largest absolute Gasteiger partial charge is 0.394 e. The van der Waals surface area contributed by atoms with Gasteiger partial charge in [0.05, 0.1) is 25.9 Å². The van der Waals surface area contributed by atoms with Crippen LogP contribution in [0.4, 0.5) is 0 Å². The van der Waals surface area contributed by atoms with E-state index in [-0.39, 0.29) is 18.6 Å². The number of nitrogens with zero attached hydrogens (tertiary/aromatic N) is 1. The van der Waals surface area contributed by atoms with Crippen LogP contribution in [0.5, 0.6) is 0 Å². The van der Waals surface area contributed by atoms with Gasteiger partial charge in [-0.05, 0) is 0 Å². The molecule has 0 saturated carbocycles. The van der Waals surface area contributed by atoms with E-state index in [2.05, 4.69) is 0 Å². The molecule has 1 fully saturated rings. The Labute approximate surface area is 65.8 Å². The maximum Gasteiger partial charge on any atom is 0.219 e. The van der Waals surface area contributed by atoms with Crippen LogP contribution in [0, 0.1) is 0 Å². The molecule has 1 saturated heterocycles. The van der Waals surface area contributed by atoms with Crippen LogP contribution in [-0.2, 0) is 9.53 Å². The Morgan fingerprint density at radius 1 is 1.82 bits per heavy atom. The molecule has 1 atom stereocenters. The fourth-order valence-corrected chi connectivity index (χ4v) is 1.22. The quantitative estimate of drug-likeness (QED) is 0.546. The topological polar surface area (TPSA) is 49.8 Å². The van der Waals surface area contributed by atoms with Crippen molar-refractivity contribution in [1.29, 1.82) is 0 Å². The van der Waals surface area contributed by atoms with Gasteiger partial charge in [-0.2, -0.15) is 0 Å². The molecule has 0 bridgehead atoms. The number of amides is 1. The Hall–Kier alpha value is -0.610. The maximum absolute atomic E-state index is 10.9. The Morgan fingerprint density at radius 2 is 2.55 bits per heavy atom. The molecule has 1 heterocycles. The first kappa shape index (κ1) is 8.49. The minimum absolute atomic E-state index is 0.00681. The number of hydrogen-bond acceptors (Lipinski definition) is 3. The molecular formula is C7H13NO3. The zero-order valence-corrected chi connectivity index (χ0v) is 6.62. The van der Waals surface area contributed by atoms with Crippen molar-refractivity contribution in [3.63, 3.8) is 0 Å². The van der Waals surface area contributed by atoms with Crippen molar-refractivity contribution in [2.75, 3.05) is 26.4 Å². The number of ether oxygens (including phenoxy) is 1. The maximum atomic E-state index is 10.9. The zero-order chi connectivity index (χ0) is 8.27. The van der Waals surface area contributed by atoms with Gasteiger partial charge < -0.3 is 14.7 Å². The lowest BCUT2D eigenvalue weighted by Gasteiger charge is -2.33. The van der Waals surface area contributed by atoms with Crippen LogP contribution in [0.15, 0.2) is 0 Å². The van der Waals surface area contributed by atoms with Gasteiger partial charge in [0, 0.05) is 13.5 Å². The number of rotatable bonds is 1. The van der Waals surface area contributed by atoms with E-state index in [0.717, 1.165) is 0 Å². The summed E-state index contributed by atoms with van der Waals surface area (Å²) in [5, 5.41) is 8.84. The normalized spacial score (nSPS) is 25.3. The average molecular weight is 159 g/mol. The van der Waals surface area contributed by atoms with Gasteiger partial charge in [-0.3, -0.25) is 4.79 Å². The summed E-state index contributed by atoms with van der Waals surface area (Å²) in [6, 6.07) is -0.138. The van der Waals surface area contributed by atoms with Gasteiger partial charge >= 0.3 is 0 Å². The first-order chi connectivity index (χ1) is 5.25. The Balaban J connectivity index is 2.51. The van der Waals surface area contributed by atoms with Gasteiger partial charge in [0.25, 0.3) is 0 Å². The van der Waals surface area contributed by atoms with Gasteiger partial charge in [-0.15, -0.1) is 0 Å². The Morgan fingerprint density at radius 3 is 3.00 bits per heavy atom. The molecule has 1 N–H and O–H groups in total. The molecule has 0 aromatic carbocycles. The van der Waals surface area contributed by atoms with Crippen molar-refractivity contribution < 1.29 is 14.6 Å². The van der Waals surface area contributed by atoms with E-state index < -0.39 is 0 Å². The van der Waals surface area contributed by atoms with Crippen molar-refractivity contribution in [3.05, 3.63) is 0 Å². The number of aliphatic hydroxyl groups excluding tert-OH is 1. The molecule has 1 amide bonds. The monoisotopic (exact) mass is 159 g/mol. The number of carbonyl (C=O) groups excluding carboxylic acids is 1. The van der Waals surface area contributed by atoms with Gasteiger partial charge in [-0.25, -0.2) is 0 Å². The fourth-order valence-electron chi connectivity index (χ4n) is 1.22. The second kappa shape index (κ2) is 3.69. The average Bonchev–Trinajstić information content (AvgIpc) is 2.04. The molecule has 0 radical (unpaired) electrons. The molecule has 1 unspecified atom stereocenters. The summed E-state index contributed by atoms with van der Waals surface area (Å²) >= 11 is 0. The molecule has 1 aliphatic rings. The first-order valence-electron chi connectivity index (χ1n) is 3.71. The lowest BCUT2D eigenvalue weighted by atomic mass is 10.2. The summed E-state index contributed by atoms with van der Waals surface area (Å²) < 4.78 is 5.10. The molecular weight excluding hydrogens is 146 g/mol. The van der Waals surface area contributed by atoms with Crippen molar-refractivity contribution in [1.82, 2.24) is 4.90 Å². The van der Waals surface area contributed by atoms with Crippen molar-refractivity contribution >= 4 is 5.91 Å². The van der Waals surface area contributed by atoms with E-state index in [0.29, 0.717) is 19.8 Å². The molecule has 1 aliphatic heterocycles. The van der Waals surface area contributed by atoms with Crippen molar-refractivity contribution in [2.24, 2.45) is 0 Å². The highest BCUT2D eigenvalue weighted by atomic mass is 16.5. The van der Waals surface area contributed by atoms with E-state index in [1.54, 1.807) is 4.90 Å². The molecule has 11 heavy (non-hydrogen) atoms. The van der Waals surface area contributed by atoms with Crippen LogP contribution in [0.1, 0.15) is 6.92 Å². The predicted octanol–water partition coefficient (Wildman–Crippen LogP) is -0.774. The van der Waals surface area contributed by atoms with Crippen LogP contribution in [0.2, 0.25) is 0 Å². The standard InChI is InChI=1S/C7H13NO3/c1-6(10)8-2-3-11-5-7(8)4-9/h7,9H,2-5H2,1H3. The summed E-state index contributed by atoms with van der Waals surface area (Å²) in [7, 11) is 0. The van der Waals surface area contributed by atoms with Crippen LogP contribution in [-0.4, -0.2) is 48.3 Å². The van der Waals surface area contributed by atoms with Gasteiger partial charge in [0.15, 0.2) is 0 Å². The predicted molar refractivity (Wildman–Crippen MR) is 39.1 cm³/mol. The summed E-state index contributed by atoms with van der Waals surface area (Å²) in [5.41, 5.74) is 0. The molecule has 64 valence electrons. The van der Waals surface area contributed by atoms with Crippen LogP contribution in [0.3, 0.4) is 0 Å². The summed E-state index contributed by atoms with van der Waals surface area (Å²) in [6.07, 6.45) is 0. The number of carbonyl (C=O) groups is 1. The van der Waals surface area contributed by atoms with E-state index in [4.69, 9.17) is 9.84 Å². The molecule has 1 rings (SSSR count). The van der Waals surface area contributed by atoms with Crippen LogP contribution >= 0.6 is 0 Å². The van der Waals surface area contributed by atoms with E-state index in [1.807, 2.05) is 0 Å². The molecule has 4 nitrogen and oxygen atoms in total.